The molecule has 0 amide bonds. The van der Waals surface area contributed by atoms with Gasteiger partial charge in [-0.2, -0.15) is 0 Å². The van der Waals surface area contributed by atoms with Crippen LogP contribution < -0.4 is 16.8 Å². The maximum atomic E-state index is 6.00. The molecule has 1 heterocycles. The summed E-state index contributed by atoms with van der Waals surface area (Å²) in [4.78, 5) is 9.32. The number of rotatable bonds is 4. The number of anilines is 2. The molecule has 0 unspecified atom stereocenters. The van der Waals surface area contributed by atoms with Gasteiger partial charge in [0.15, 0.2) is 5.16 Å². The van der Waals surface area contributed by atoms with Crippen LogP contribution in [-0.2, 0) is 6.54 Å². The Hall–Kier alpha value is -1.50. The third-order valence-electron chi connectivity index (χ3n) is 2.34. The molecule has 1 aromatic carbocycles. The molecule has 0 aliphatic heterocycles. The van der Waals surface area contributed by atoms with Crippen LogP contribution in [-0.4, -0.2) is 17.0 Å². The van der Waals surface area contributed by atoms with E-state index < -0.39 is 0 Å². The molecule has 7 heteroatoms. The minimum absolute atomic E-state index is 0.360. The molecule has 2 rings (SSSR count). The molecule has 5 nitrogen and oxygen atoms in total. The summed E-state index contributed by atoms with van der Waals surface area (Å²) < 4.78 is 0. The SMILES string of the molecule is CNCc1cc(Cl)ccc1Sc1nc(N)cc(N)n1. The van der Waals surface area contributed by atoms with E-state index in [4.69, 9.17) is 23.1 Å². The molecule has 0 fully saturated rings. The van der Waals surface area contributed by atoms with Crippen molar-refractivity contribution >= 4 is 35.0 Å². The number of hydrogen-bond acceptors (Lipinski definition) is 6. The molecule has 0 bridgehead atoms. The van der Waals surface area contributed by atoms with Crippen LogP contribution in [0.1, 0.15) is 5.56 Å². The largest absolute Gasteiger partial charge is 0.383 e. The van der Waals surface area contributed by atoms with E-state index in [1.165, 1.54) is 17.8 Å². The summed E-state index contributed by atoms with van der Waals surface area (Å²) >= 11 is 7.41. The van der Waals surface area contributed by atoms with Gasteiger partial charge in [0.05, 0.1) is 0 Å². The Morgan fingerprint density at radius 1 is 1.21 bits per heavy atom. The molecule has 0 aliphatic rings. The topological polar surface area (TPSA) is 89.8 Å². The number of nitrogens with one attached hydrogen (secondary N) is 1. The summed E-state index contributed by atoms with van der Waals surface area (Å²) in [6.45, 7) is 0.709. The van der Waals surface area contributed by atoms with E-state index in [-0.39, 0.29) is 0 Å². The lowest BCUT2D eigenvalue weighted by Gasteiger charge is -2.09. The Kier molecular flexibility index (Phi) is 4.47. The number of nitrogens with two attached hydrogens (primary N) is 2. The fraction of sp³-hybridized carbons (Fsp3) is 0.167. The van der Waals surface area contributed by atoms with Crippen LogP contribution in [0, 0.1) is 0 Å². The number of halogens is 1. The highest BCUT2D eigenvalue weighted by Crippen LogP contribution is 2.30. The molecule has 0 spiro atoms. The highest BCUT2D eigenvalue weighted by Gasteiger charge is 2.08. The number of nitrogen functional groups attached to an aromatic ring is 2. The van der Waals surface area contributed by atoms with Gasteiger partial charge < -0.3 is 16.8 Å². The molecular formula is C12H14ClN5S. The van der Waals surface area contributed by atoms with Gasteiger partial charge in [-0.25, -0.2) is 9.97 Å². The highest BCUT2D eigenvalue weighted by atomic mass is 35.5. The molecule has 1 aromatic heterocycles. The van der Waals surface area contributed by atoms with Crippen LogP contribution in [0.25, 0.3) is 0 Å². The van der Waals surface area contributed by atoms with E-state index in [1.807, 2.05) is 25.2 Å². The number of benzene rings is 1. The lowest BCUT2D eigenvalue weighted by molar-refractivity contribution is 0.802. The number of hydrogen-bond donors (Lipinski definition) is 3. The first-order valence-corrected chi connectivity index (χ1v) is 6.79. The number of aromatic nitrogens is 2. The lowest BCUT2D eigenvalue weighted by atomic mass is 10.2. The van der Waals surface area contributed by atoms with Crippen molar-refractivity contribution in [3.8, 4) is 0 Å². The Morgan fingerprint density at radius 2 is 1.89 bits per heavy atom. The van der Waals surface area contributed by atoms with Crippen LogP contribution in [0.4, 0.5) is 11.6 Å². The Balaban J connectivity index is 2.31. The predicted molar refractivity (Wildman–Crippen MR) is 79.2 cm³/mol. The van der Waals surface area contributed by atoms with Gasteiger partial charge in [0.1, 0.15) is 11.6 Å². The summed E-state index contributed by atoms with van der Waals surface area (Å²) in [5, 5.41) is 4.32. The minimum atomic E-state index is 0.360. The maximum absolute atomic E-state index is 6.00. The van der Waals surface area contributed by atoms with Gasteiger partial charge in [0.2, 0.25) is 0 Å². The second kappa shape index (κ2) is 6.10. The van der Waals surface area contributed by atoms with Gasteiger partial charge in [-0.05, 0) is 42.6 Å². The maximum Gasteiger partial charge on any atom is 0.196 e. The molecule has 100 valence electrons. The first kappa shape index (κ1) is 13.9. The van der Waals surface area contributed by atoms with E-state index in [0.29, 0.717) is 28.4 Å². The van der Waals surface area contributed by atoms with Crippen LogP contribution >= 0.6 is 23.4 Å². The Bertz CT molecular complexity index is 570. The fourth-order valence-corrected chi connectivity index (χ4v) is 2.67. The molecular weight excluding hydrogens is 282 g/mol. The van der Waals surface area contributed by atoms with Crippen LogP contribution in [0.5, 0.6) is 0 Å². The van der Waals surface area contributed by atoms with Crippen molar-refractivity contribution in [1.29, 1.82) is 0 Å². The van der Waals surface area contributed by atoms with Crippen molar-refractivity contribution in [2.75, 3.05) is 18.5 Å². The van der Waals surface area contributed by atoms with E-state index in [2.05, 4.69) is 15.3 Å². The standard InChI is InChI=1S/C12H14ClN5S/c1-16-6-7-4-8(13)2-3-9(7)19-12-17-10(14)5-11(15)18-12/h2-5,16H,6H2,1H3,(H4,14,15,17,18). The minimum Gasteiger partial charge on any atom is -0.383 e. The van der Waals surface area contributed by atoms with Crippen LogP contribution in [0.3, 0.4) is 0 Å². The van der Waals surface area contributed by atoms with Gasteiger partial charge in [0.25, 0.3) is 0 Å². The normalized spacial score (nSPS) is 10.6. The summed E-state index contributed by atoms with van der Waals surface area (Å²) in [6, 6.07) is 7.21. The molecule has 5 N–H and O–H groups in total. The quantitative estimate of drug-likeness (QED) is 0.749. The third-order valence-corrected chi connectivity index (χ3v) is 3.55. The molecule has 0 radical (unpaired) electrons. The van der Waals surface area contributed by atoms with Crippen molar-refractivity contribution in [2.45, 2.75) is 16.6 Å². The second-order valence-electron chi connectivity index (χ2n) is 3.88. The molecule has 0 saturated heterocycles. The zero-order valence-electron chi connectivity index (χ0n) is 10.4. The summed E-state index contributed by atoms with van der Waals surface area (Å²) in [5.74, 6) is 0.721. The van der Waals surface area contributed by atoms with E-state index >= 15 is 0 Å². The van der Waals surface area contributed by atoms with Gasteiger partial charge in [0, 0.05) is 22.5 Å². The highest BCUT2D eigenvalue weighted by molar-refractivity contribution is 7.99. The van der Waals surface area contributed by atoms with Crippen molar-refractivity contribution in [3.63, 3.8) is 0 Å². The molecule has 19 heavy (non-hydrogen) atoms. The van der Waals surface area contributed by atoms with Crippen molar-refractivity contribution in [3.05, 3.63) is 34.9 Å². The van der Waals surface area contributed by atoms with Gasteiger partial charge >= 0.3 is 0 Å². The van der Waals surface area contributed by atoms with Crippen LogP contribution in [0.15, 0.2) is 34.3 Å². The summed E-state index contributed by atoms with van der Waals surface area (Å²) in [5.41, 5.74) is 12.4. The third kappa shape index (κ3) is 3.73. The average Bonchev–Trinajstić information content (AvgIpc) is 2.32. The first-order chi connectivity index (χ1) is 9.08. The molecule has 2 aromatic rings. The van der Waals surface area contributed by atoms with Crippen molar-refractivity contribution in [1.82, 2.24) is 15.3 Å². The number of nitrogens with zero attached hydrogens (tertiary/aromatic N) is 2. The zero-order valence-corrected chi connectivity index (χ0v) is 11.9. The van der Waals surface area contributed by atoms with Gasteiger partial charge in [-0.3, -0.25) is 0 Å². The smallest absolute Gasteiger partial charge is 0.196 e. The van der Waals surface area contributed by atoms with E-state index in [0.717, 1.165) is 10.5 Å². The average molecular weight is 296 g/mol. The van der Waals surface area contributed by atoms with Crippen LogP contribution in [0.2, 0.25) is 5.02 Å². The zero-order chi connectivity index (χ0) is 13.8. The predicted octanol–water partition coefficient (Wildman–Crippen LogP) is 2.17. The molecule has 0 saturated carbocycles. The fourth-order valence-electron chi connectivity index (χ4n) is 1.58. The molecule has 0 aliphatic carbocycles. The molecule has 0 atom stereocenters. The van der Waals surface area contributed by atoms with Gasteiger partial charge in [-0.15, -0.1) is 0 Å². The summed E-state index contributed by atoms with van der Waals surface area (Å²) in [6.07, 6.45) is 0. The van der Waals surface area contributed by atoms with Gasteiger partial charge in [-0.1, -0.05) is 11.6 Å². The Morgan fingerprint density at radius 3 is 2.53 bits per heavy atom. The Labute approximate surface area is 120 Å². The van der Waals surface area contributed by atoms with E-state index in [1.54, 1.807) is 0 Å². The summed E-state index contributed by atoms with van der Waals surface area (Å²) in [7, 11) is 1.88. The van der Waals surface area contributed by atoms with Crippen molar-refractivity contribution in [2.24, 2.45) is 0 Å². The lowest BCUT2D eigenvalue weighted by Crippen LogP contribution is -2.06. The second-order valence-corrected chi connectivity index (χ2v) is 5.33. The first-order valence-electron chi connectivity index (χ1n) is 5.59. The van der Waals surface area contributed by atoms with E-state index in [9.17, 15) is 0 Å². The monoisotopic (exact) mass is 295 g/mol. The van der Waals surface area contributed by atoms with Crippen molar-refractivity contribution < 1.29 is 0 Å².